The molecule has 1 amide bonds. The molecule has 1 fully saturated rings. The largest absolute Gasteiger partial charge is 0.351 e. The number of aromatic nitrogens is 2. The second kappa shape index (κ2) is 8.11. The summed E-state index contributed by atoms with van der Waals surface area (Å²) in [5.74, 6) is 0.103. The van der Waals surface area contributed by atoms with Crippen molar-refractivity contribution < 1.29 is 4.79 Å². The third-order valence-corrected chi connectivity index (χ3v) is 4.82. The Morgan fingerprint density at radius 3 is 2.88 bits per heavy atom. The number of nitrogens with one attached hydrogen (secondary N) is 1. The molecule has 2 unspecified atom stereocenters. The van der Waals surface area contributed by atoms with Crippen LogP contribution in [0.5, 0.6) is 0 Å². The van der Waals surface area contributed by atoms with Gasteiger partial charge in [-0.05, 0) is 37.9 Å². The number of carbonyl (C=O) groups is 1. The Bertz CT molecular complexity index is 626. The Morgan fingerprint density at radius 1 is 1.29 bits per heavy atom. The van der Waals surface area contributed by atoms with E-state index in [4.69, 9.17) is 0 Å². The summed E-state index contributed by atoms with van der Waals surface area (Å²) >= 11 is 0. The summed E-state index contributed by atoms with van der Waals surface area (Å²) in [5.41, 5.74) is 1.13. The van der Waals surface area contributed by atoms with Crippen molar-refractivity contribution in [3.63, 3.8) is 0 Å². The van der Waals surface area contributed by atoms with Crippen LogP contribution in [0.1, 0.15) is 31.7 Å². The van der Waals surface area contributed by atoms with E-state index in [1.165, 1.54) is 6.42 Å². The Labute approximate surface area is 143 Å². The number of carbonyl (C=O) groups excluding carboxylic acids is 1. The molecule has 0 spiro atoms. The lowest BCUT2D eigenvalue weighted by Crippen LogP contribution is -2.52. The maximum atomic E-state index is 12.6. The maximum Gasteiger partial charge on any atom is 0.237 e. The fraction of sp³-hybridized carbons (Fsp3) is 0.474. The van der Waals surface area contributed by atoms with Crippen LogP contribution in [0.4, 0.5) is 0 Å². The van der Waals surface area contributed by atoms with Gasteiger partial charge in [-0.25, -0.2) is 0 Å². The topological polar surface area (TPSA) is 50.2 Å². The number of rotatable bonds is 6. The highest BCUT2D eigenvalue weighted by Crippen LogP contribution is 2.21. The minimum absolute atomic E-state index is 0.103. The van der Waals surface area contributed by atoms with Crippen LogP contribution in [0.25, 0.3) is 0 Å². The third-order valence-electron chi connectivity index (χ3n) is 4.82. The second-order valence-corrected chi connectivity index (χ2v) is 6.49. The van der Waals surface area contributed by atoms with Crippen LogP contribution in [0.15, 0.2) is 48.8 Å². The van der Waals surface area contributed by atoms with Crippen molar-refractivity contribution in [2.45, 2.75) is 51.4 Å². The van der Waals surface area contributed by atoms with E-state index in [1.54, 1.807) is 0 Å². The minimum Gasteiger partial charge on any atom is -0.351 e. The van der Waals surface area contributed by atoms with Gasteiger partial charge in [-0.15, -0.1) is 0 Å². The van der Waals surface area contributed by atoms with Crippen LogP contribution in [-0.4, -0.2) is 39.2 Å². The van der Waals surface area contributed by atoms with E-state index in [-0.39, 0.29) is 11.9 Å². The van der Waals surface area contributed by atoms with Crippen molar-refractivity contribution in [1.82, 2.24) is 20.0 Å². The van der Waals surface area contributed by atoms with Crippen molar-refractivity contribution in [1.29, 1.82) is 0 Å². The van der Waals surface area contributed by atoms with Gasteiger partial charge < -0.3 is 5.32 Å². The number of nitrogens with zero attached hydrogens (tertiary/aromatic N) is 3. The summed E-state index contributed by atoms with van der Waals surface area (Å²) in [5, 5.41) is 7.39. The zero-order valence-corrected chi connectivity index (χ0v) is 14.3. The molecule has 0 saturated carbocycles. The number of piperidine rings is 1. The Balaban J connectivity index is 1.58. The smallest absolute Gasteiger partial charge is 0.237 e. The summed E-state index contributed by atoms with van der Waals surface area (Å²) in [6.07, 6.45) is 7.30. The van der Waals surface area contributed by atoms with Crippen molar-refractivity contribution >= 4 is 5.91 Å². The molecule has 1 aromatic carbocycles. The second-order valence-electron chi connectivity index (χ2n) is 6.49. The molecule has 1 aliphatic rings. The van der Waals surface area contributed by atoms with Crippen LogP contribution in [0.2, 0.25) is 0 Å². The molecule has 3 rings (SSSR count). The quantitative estimate of drug-likeness (QED) is 0.887. The number of amides is 1. The minimum atomic E-state index is -0.116. The van der Waals surface area contributed by atoms with E-state index < -0.39 is 0 Å². The SMILES string of the molecule is CC(C(=O)NCc1ccccc1)N1CCCCC1Cn1cccn1. The van der Waals surface area contributed by atoms with Crippen molar-refractivity contribution in [2.75, 3.05) is 6.54 Å². The molecule has 2 aromatic rings. The molecule has 0 radical (unpaired) electrons. The highest BCUT2D eigenvalue weighted by Gasteiger charge is 2.30. The van der Waals surface area contributed by atoms with Crippen LogP contribution in [0, 0.1) is 0 Å². The van der Waals surface area contributed by atoms with Crippen molar-refractivity contribution in [2.24, 2.45) is 0 Å². The summed E-state index contributed by atoms with van der Waals surface area (Å²) in [4.78, 5) is 14.9. The molecular weight excluding hydrogens is 300 g/mol. The average Bonchev–Trinajstić information content (AvgIpc) is 3.13. The van der Waals surface area contributed by atoms with E-state index in [1.807, 2.05) is 60.4 Å². The van der Waals surface area contributed by atoms with Gasteiger partial charge in [-0.1, -0.05) is 36.8 Å². The first-order chi connectivity index (χ1) is 11.7. The summed E-state index contributed by atoms with van der Waals surface area (Å²) in [7, 11) is 0. The van der Waals surface area contributed by atoms with E-state index in [0.29, 0.717) is 12.6 Å². The Kier molecular flexibility index (Phi) is 5.64. The Hall–Kier alpha value is -2.14. The number of hydrogen-bond acceptors (Lipinski definition) is 3. The first-order valence-electron chi connectivity index (χ1n) is 8.79. The molecule has 2 atom stereocenters. The third kappa shape index (κ3) is 4.23. The molecule has 5 heteroatoms. The standard InChI is InChI=1S/C19H26N4O/c1-16(19(24)20-14-17-8-3-2-4-9-17)23-13-6-5-10-18(23)15-22-12-7-11-21-22/h2-4,7-9,11-12,16,18H,5-6,10,13-15H2,1H3,(H,20,24). The first-order valence-corrected chi connectivity index (χ1v) is 8.79. The molecule has 24 heavy (non-hydrogen) atoms. The van der Waals surface area contributed by atoms with Crippen LogP contribution in [-0.2, 0) is 17.9 Å². The molecule has 1 N–H and O–H groups in total. The monoisotopic (exact) mass is 326 g/mol. The summed E-state index contributed by atoms with van der Waals surface area (Å²) < 4.78 is 1.97. The van der Waals surface area contributed by atoms with Gasteiger partial charge in [-0.3, -0.25) is 14.4 Å². The first kappa shape index (κ1) is 16.7. The molecule has 1 aliphatic heterocycles. The van der Waals surface area contributed by atoms with Gasteiger partial charge in [0.1, 0.15) is 0 Å². The molecule has 0 bridgehead atoms. The lowest BCUT2D eigenvalue weighted by molar-refractivity contribution is -0.127. The zero-order valence-electron chi connectivity index (χ0n) is 14.3. The summed E-state index contributed by atoms with van der Waals surface area (Å²) in [6.45, 7) is 4.43. The van der Waals surface area contributed by atoms with Gasteiger partial charge in [0.05, 0.1) is 12.6 Å². The van der Waals surface area contributed by atoms with E-state index >= 15 is 0 Å². The van der Waals surface area contributed by atoms with Crippen molar-refractivity contribution in [3.05, 3.63) is 54.4 Å². The number of hydrogen-bond donors (Lipinski definition) is 1. The average molecular weight is 326 g/mol. The fourth-order valence-electron chi connectivity index (χ4n) is 3.44. The van der Waals surface area contributed by atoms with E-state index in [9.17, 15) is 4.79 Å². The van der Waals surface area contributed by atoms with Gasteiger partial charge in [0.15, 0.2) is 0 Å². The van der Waals surface area contributed by atoms with Gasteiger partial charge in [0, 0.05) is 25.0 Å². The molecular formula is C19H26N4O. The zero-order chi connectivity index (χ0) is 16.8. The van der Waals surface area contributed by atoms with Gasteiger partial charge in [-0.2, -0.15) is 5.10 Å². The molecule has 0 aliphatic carbocycles. The predicted octanol–water partition coefficient (Wildman–Crippen LogP) is 2.44. The number of likely N-dealkylation sites (tertiary alicyclic amines) is 1. The normalized spacial score (nSPS) is 19.8. The molecule has 1 saturated heterocycles. The van der Waals surface area contributed by atoms with Crippen LogP contribution < -0.4 is 5.32 Å². The van der Waals surface area contributed by atoms with Gasteiger partial charge >= 0.3 is 0 Å². The lowest BCUT2D eigenvalue weighted by Gasteiger charge is -2.39. The maximum absolute atomic E-state index is 12.6. The van der Waals surface area contributed by atoms with Gasteiger partial charge in [0.2, 0.25) is 5.91 Å². The number of benzene rings is 1. The highest BCUT2D eigenvalue weighted by atomic mass is 16.2. The van der Waals surface area contributed by atoms with Crippen LogP contribution in [0.3, 0.4) is 0 Å². The molecule has 2 heterocycles. The fourth-order valence-corrected chi connectivity index (χ4v) is 3.44. The lowest BCUT2D eigenvalue weighted by atomic mass is 9.99. The van der Waals surface area contributed by atoms with Gasteiger partial charge in [0.25, 0.3) is 0 Å². The Morgan fingerprint density at radius 2 is 2.12 bits per heavy atom. The van der Waals surface area contributed by atoms with E-state index in [2.05, 4.69) is 15.3 Å². The summed E-state index contributed by atoms with van der Waals surface area (Å²) in [6, 6.07) is 12.3. The molecule has 5 nitrogen and oxygen atoms in total. The molecule has 128 valence electrons. The van der Waals surface area contributed by atoms with Crippen LogP contribution >= 0.6 is 0 Å². The van der Waals surface area contributed by atoms with Crippen molar-refractivity contribution in [3.8, 4) is 0 Å². The van der Waals surface area contributed by atoms with E-state index in [0.717, 1.165) is 31.5 Å². The predicted molar refractivity (Wildman–Crippen MR) is 94.3 cm³/mol. The molecule has 1 aromatic heterocycles. The highest BCUT2D eigenvalue weighted by molar-refractivity contribution is 5.81.